The van der Waals surface area contributed by atoms with Crippen molar-refractivity contribution in [3.63, 3.8) is 0 Å². The molecule has 6 nitrogen and oxygen atoms in total. The summed E-state index contributed by atoms with van der Waals surface area (Å²) in [5, 5.41) is 0. The molecule has 3 rings (SSSR count). The van der Waals surface area contributed by atoms with Crippen LogP contribution in [0.1, 0.15) is 21.5 Å². The second kappa shape index (κ2) is 9.22. The number of piperazine rings is 1. The summed E-state index contributed by atoms with van der Waals surface area (Å²) in [5.41, 5.74) is 3.95. The van der Waals surface area contributed by atoms with Crippen molar-refractivity contribution in [2.45, 2.75) is 18.7 Å². The molecule has 1 atom stereocenters. The second-order valence-electron chi connectivity index (χ2n) is 7.11. The molecule has 0 saturated carbocycles. The van der Waals surface area contributed by atoms with E-state index >= 15 is 0 Å². The number of aryl methyl sites for hydroxylation is 1. The van der Waals surface area contributed by atoms with Crippen LogP contribution < -0.4 is 4.90 Å². The minimum absolute atomic E-state index is 0.214. The molecule has 0 aromatic heterocycles. The van der Waals surface area contributed by atoms with Gasteiger partial charge < -0.3 is 14.5 Å². The molecule has 1 aliphatic heterocycles. The topological polar surface area (TPSA) is 66.9 Å². The lowest BCUT2D eigenvalue weighted by Crippen LogP contribution is -2.50. The van der Waals surface area contributed by atoms with Crippen LogP contribution in [0.15, 0.2) is 47.4 Å². The van der Waals surface area contributed by atoms with E-state index in [1.54, 1.807) is 29.2 Å². The summed E-state index contributed by atoms with van der Waals surface area (Å²) in [6.07, 6.45) is 1.51. The van der Waals surface area contributed by atoms with Crippen molar-refractivity contribution in [1.82, 2.24) is 4.90 Å². The van der Waals surface area contributed by atoms with Crippen molar-refractivity contribution in [2.24, 2.45) is 0 Å². The number of carbonyl (C=O) groups is 2. The van der Waals surface area contributed by atoms with E-state index in [4.69, 9.17) is 4.74 Å². The van der Waals surface area contributed by atoms with Gasteiger partial charge in [0.25, 0.3) is 5.91 Å². The van der Waals surface area contributed by atoms with Crippen LogP contribution in [0.4, 0.5) is 5.69 Å². The van der Waals surface area contributed by atoms with Gasteiger partial charge in [-0.1, -0.05) is 24.3 Å². The standard InChI is InChI=1S/C22H26N2O4S/c1-16-7-6-9-19(17(16)2)23-11-13-24(14-12-23)21(25)15-28-22(26)18-8-4-5-10-20(18)29(3)27/h4-10H,11-15H2,1-3H3/t29-/m0/s1. The highest BCUT2D eigenvalue weighted by molar-refractivity contribution is 7.84. The summed E-state index contributed by atoms with van der Waals surface area (Å²) in [4.78, 5) is 29.2. The SMILES string of the molecule is Cc1cccc(N2CCN(C(=O)COC(=O)c3ccccc3[S@](C)=O)CC2)c1C. The minimum atomic E-state index is -1.31. The average Bonchev–Trinajstić information content (AvgIpc) is 2.74. The maximum absolute atomic E-state index is 12.5. The monoisotopic (exact) mass is 414 g/mol. The van der Waals surface area contributed by atoms with Gasteiger partial charge in [-0.25, -0.2) is 4.79 Å². The molecule has 0 unspecified atom stereocenters. The molecule has 0 radical (unpaired) electrons. The fourth-order valence-electron chi connectivity index (χ4n) is 3.46. The van der Waals surface area contributed by atoms with E-state index in [-0.39, 0.29) is 18.1 Å². The molecule has 1 fully saturated rings. The molecule has 29 heavy (non-hydrogen) atoms. The van der Waals surface area contributed by atoms with Gasteiger partial charge in [-0.2, -0.15) is 0 Å². The number of anilines is 1. The first-order valence-corrected chi connectivity index (χ1v) is 11.1. The van der Waals surface area contributed by atoms with Gasteiger partial charge in [0.1, 0.15) is 0 Å². The van der Waals surface area contributed by atoms with E-state index in [0.29, 0.717) is 18.0 Å². The van der Waals surface area contributed by atoms with E-state index in [9.17, 15) is 13.8 Å². The molecular formula is C22H26N2O4S. The molecule has 2 aromatic carbocycles. The summed E-state index contributed by atoms with van der Waals surface area (Å²) in [7, 11) is -1.31. The molecule has 1 amide bonds. The van der Waals surface area contributed by atoms with Crippen LogP contribution in [0.2, 0.25) is 0 Å². The third-order valence-electron chi connectivity index (χ3n) is 5.29. The van der Waals surface area contributed by atoms with Gasteiger partial charge in [0.15, 0.2) is 6.61 Å². The highest BCUT2D eigenvalue weighted by Crippen LogP contribution is 2.24. The fraction of sp³-hybridized carbons (Fsp3) is 0.364. The Morgan fingerprint density at radius 2 is 1.69 bits per heavy atom. The Bertz CT molecular complexity index is 936. The van der Waals surface area contributed by atoms with Crippen LogP contribution in [-0.4, -0.2) is 60.0 Å². The third-order valence-corrected chi connectivity index (χ3v) is 6.27. The Morgan fingerprint density at radius 3 is 2.38 bits per heavy atom. The smallest absolute Gasteiger partial charge is 0.339 e. The highest BCUT2D eigenvalue weighted by Gasteiger charge is 2.24. The van der Waals surface area contributed by atoms with E-state index in [1.807, 2.05) is 0 Å². The first-order chi connectivity index (χ1) is 13.9. The molecule has 7 heteroatoms. The van der Waals surface area contributed by atoms with Gasteiger partial charge in [0, 0.05) is 38.1 Å². The predicted octanol–water partition coefficient (Wildman–Crippen LogP) is 2.55. The number of hydrogen-bond donors (Lipinski definition) is 0. The van der Waals surface area contributed by atoms with Crippen LogP contribution >= 0.6 is 0 Å². The third kappa shape index (κ3) is 4.85. The van der Waals surface area contributed by atoms with Crippen LogP contribution in [0.5, 0.6) is 0 Å². The van der Waals surface area contributed by atoms with Crippen molar-refractivity contribution in [3.8, 4) is 0 Å². The number of benzene rings is 2. The van der Waals surface area contributed by atoms with Gasteiger partial charge in [-0.3, -0.25) is 9.00 Å². The number of hydrogen-bond acceptors (Lipinski definition) is 5. The Labute approximate surface area is 173 Å². The summed E-state index contributed by atoms with van der Waals surface area (Å²) in [6, 6.07) is 12.8. The zero-order valence-corrected chi connectivity index (χ0v) is 17.8. The van der Waals surface area contributed by atoms with Crippen molar-refractivity contribution in [2.75, 3.05) is 43.9 Å². The molecule has 1 heterocycles. The van der Waals surface area contributed by atoms with Crippen LogP contribution in [0.3, 0.4) is 0 Å². The molecule has 2 aromatic rings. The minimum Gasteiger partial charge on any atom is -0.452 e. The van der Waals surface area contributed by atoms with E-state index < -0.39 is 16.8 Å². The molecule has 1 saturated heterocycles. The van der Waals surface area contributed by atoms with E-state index in [1.165, 1.54) is 23.1 Å². The van der Waals surface area contributed by atoms with Gasteiger partial charge in [-0.05, 0) is 43.2 Å². The normalized spacial score (nSPS) is 15.1. The van der Waals surface area contributed by atoms with Gasteiger partial charge in [0.2, 0.25) is 0 Å². The summed E-state index contributed by atoms with van der Waals surface area (Å²) >= 11 is 0. The quantitative estimate of drug-likeness (QED) is 0.704. The number of ether oxygens (including phenoxy) is 1. The highest BCUT2D eigenvalue weighted by atomic mass is 32.2. The maximum Gasteiger partial charge on any atom is 0.339 e. The summed E-state index contributed by atoms with van der Waals surface area (Å²) in [6.45, 7) is 6.54. The molecule has 0 N–H and O–H groups in total. The average molecular weight is 415 g/mol. The molecule has 1 aliphatic rings. The number of nitrogens with zero attached hydrogens (tertiary/aromatic N) is 2. The first kappa shape index (κ1) is 21.0. The van der Waals surface area contributed by atoms with Gasteiger partial charge in [-0.15, -0.1) is 0 Å². The molecule has 0 aliphatic carbocycles. The number of amides is 1. The van der Waals surface area contributed by atoms with E-state index in [0.717, 1.165) is 13.1 Å². The van der Waals surface area contributed by atoms with Crippen LogP contribution in [-0.2, 0) is 20.3 Å². The molecule has 0 bridgehead atoms. The second-order valence-corrected chi connectivity index (χ2v) is 8.46. The fourth-order valence-corrected chi connectivity index (χ4v) is 4.19. The first-order valence-electron chi connectivity index (χ1n) is 9.57. The Hall–Kier alpha value is -2.67. The van der Waals surface area contributed by atoms with Crippen molar-refractivity contribution >= 4 is 28.4 Å². The summed E-state index contributed by atoms with van der Waals surface area (Å²) in [5.74, 6) is -0.841. The zero-order chi connectivity index (χ0) is 21.0. The van der Waals surface area contributed by atoms with Crippen LogP contribution in [0.25, 0.3) is 0 Å². The van der Waals surface area contributed by atoms with Gasteiger partial charge in [0.05, 0.1) is 21.3 Å². The van der Waals surface area contributed by atoms with Crippen LogP contribution in [0, 0.1) is 13.8 Å². The van der Waals surface area contributed by atoms with Crippen molar-refractivity contribution in [3.05, 3.63) is 59.2 Å². The maximum atomic E-state index is 12.5. The molecule has 0 spiro atoms. The predicted molar refractivity (Wildman–Crippen MR) is 114 cm³/mol. The Morgan fingerprint density at radius 1 is 1.00 bits per heavy atom. The summed E-state index contributed by atoms with van der Waals surface area (Å²) < 4.78 is 17.0. The van der Waals surface area contributed by atoms with Crippen molar-refractivity contribution in [1.29, 1.82) is 0 Å². The van der Waals surface area contributed by atoms with E-state index in [2.05, 4.69) is 36.9 Å². The largest absolute Gasteiger partial charge is 0.452 e. The molecular weight excluding hydrogens is 388 g/mol. The number of esters is 1. The van der Waals surface area contributed by atoms with Crippen molar-refractivity contribution < 1.29 is 18.5 Å². The number of rotatable bonds is 5. The lowest BCUT2D eigenvalue weighted by molar-refractivity contribution is -0.134. The zero-order valence-electron chi connectivity index (χ0n) is 17.0. The Kier molecular flexibility index (Phi) is 6.69. The lowest BCUT2D eigenvalue weighted by Gasteiger charge is -2.37. The molecule has 154 valence electrons. The lowest BCUT2D eigenvalue weighted by atomic mass is 10.1. The Balaban J connectivity index is 1.55. The van der Waals surface area contributed by atoms with Gasteiger partial charge >= 0.3 is 5.97 Å². The number of carbonyl (C=O) groups excluding carboxylic acids is 2.